The number of carbonyl (C=O) groups excluding carboxylic acids is 2. The molecule has 1 N–H and O–H groups in total. The van der Waals surface area contributed by atoms with Gasteiger partial charge in [-0.3, -0.25) is 9.59 Å². The molecule has 142 valence electrons. The first-order valence-electron chi connectivity index (χ1n) is 9.55. The Morgan fingerprint density at radius 3 is 2.44 bits per heavy atom. The minimum Gasteiger partial charge on any atom is -0.339 e. The van der Waals surface area contributed by atoms with Crippen molar-refractivity contribution in [2.24, 2.45) is 0 Å². The molecule has 3 rings (SSSR count). The molecule has 0 bridgehead atoms. The lowest BCUT2D eigenvalue weighted by Crippen LogP contribution is -2.35. The van der Waals surface area contributed by atoms with Crippen LogP contribution in [0.15, 0.2) is 48.5 Å². The summed E-state index contributed by atoms with van der Waals surface area (Å²) in [4.78, 5) is 27.1. The van der Waals surface area contributed by atoms with Crippen LogP contribution in [0.25, 0.3) is 0 Å². The van der Waals surface area contributed by atoms with Crippen molar-refractivity contribution < 1.29 is 9.59 Å². The van der Waals surface area contributed by atoms with Gasteiger partial charge in [0.25, 0.3) is 11.8 Å². The van der Waals surface area contributed by atoms with E-state index in [1.807, 2.05) is 59.1 Å². The van der Waals surface area contributed by atoms with Gasteiger partial charge in [-0.15, -0.1) is 0 Å². The molecular weight excluding hydrogens is 356 g/mol. The second-order valence-electron chi connectivity index (χ2n) is 6.72. The van der Waals surface area contributed by atoms with Gasteiger partial charge in [0, 0.05) is 35.7 Å². The van der Waals surface area contributed by atoms with Crippen molar-refractivity contribution in [3.8, 4) is 0 Å². The third-order valence-electron chi connectivity index (χ3n) is 4.70. The summed E-state index contributed by atoms with van der Waals surface area (Å²) in [6.07, 6.45) is 3.32. The lowest BCUT2D eigenvalue weighted by molar-refractivity contribution is 0.0724. The fourth-order valence-electron chi connectivity index (χ4n) is 3.19. The highest BCUT2D eigenvalue weighted by Gasteiger charge is 2.18. The Morgan fingerprint density at radius 2 is 1.74 bits per heavy atom. The lowest BCUT2D eigenvalue weighted by atomic mass is 10.1. The van der Waals surface area contributed by atoms with E-state index in [-0.39, 0.29) is 11.8 Å². The summed E-state index contributed by atoms with van der Waals surface area (Å²) in [6, 6.07) is 14.9. The van der Waals surface area contributed by atoms with Crippen LogP contribution in [-0.2, 0) is 5.75 Å². The number of hydrogen-bond acceptors (Lipinski definition) is 3. The normalized spacial score (nSPS) is 14.0. The first-order valence-corrected chi connectivity index (χ1v) is 10.7. The molecule has 0 aromatic heterocycles. The van der Waals surface area contributed by atoms with Gasteiger partial charge in [-0.05, 0) is 60.9 Å². The Labute approximate surface area is 165 Å². The van der Waals surface area contributed by atoms with Gasteiger partial charge in [0.15, 0.2) is 0 Å². The van der Waals surface area contributed by atoms with Crippen LogP contribution in [-0.4, -0.2) is 35.6 Å². The predicted molar refractivity (Wildman–Crippen MR) is 112 cm³/mol. The van der Waals surface area contributed by atoms with Crippen LogP contribution in [0.5, 0.6) is 0 Å². The van der Waals surface area contributed by atoms with E-state index in [1.54, 1.807) is 6.07 Å². The SMILES string of the molecule is CCSCc1ccc(C(=O)Nc2cccc(C(=O)N3CCCCC3)c2)cc1. The summed E-state index contributed by atoms with van der Waals surface area (Å²) in [7, 11) is 0. The van der Waals surface area contributed by atoms with E-state index in [9.17, 15) is 9.59 Å². The molecule has 1 saturated heterocycles. The van der Waals surface area contributed by atoms with Crippen LogP contribution < -0.4 is 5.32 Å². The van der Waals surface area contributed by atoms with E-state index in [2.05, 4.69) is 12.2 Å². The van der Waals surface area contributed by atoms with Gasteiger partial charge >= 0.3 is 0 Å². The highest BCUT2D eigenvalue weighted by atomic mass is 32.2. The summed E-state index contributed by atoms with van der Waals surface area (Å²) in [5, 5.41) is 2.90. The molecule has 1 aliphatic heterocycles. The summed E-state index contributed by atoms with van der Waals surface area (Å²) >= 11 is 1.86. The number of likely N-dealkylation sites (tertiary alicyclic amines) is 1. The smallest absolute Gasteiger partial charge is 0.255 e. The van der Waals surface area contributed by atoms with Crippen LogP contribution in [0.1, 0.15) is 52.5 Å². The molecule has 1 heterocycles. The fraction of sp³-hybridized carbons (Fsp3) is 0.364. The van der Waals surface area contributed by atoms with E-state index < -0.39 is 0 Å². The van der Waals surface area contributed by atoms with E-state index in [1.165, 1.54) is 12.0 Å². The monoisotopic (exact) mass is 382 g/mol. The molecule has 0 spiro atoms. The average Bonchev–Trinajstić information content (AvgIpc) is 2.73. The van der Waals surface area contributed by atoms with E-state index >= 15 is 0 Å². The average molecular weight is 383 g/mol. The van der Waals surface area contributed by atoms with E-state index in [4.69, 9.17) is 0 Å². The van der Waals surface area contributed by atoms with Crippen molar-refractivity contribution in [1.82, 2.24) is 4.90 Å². The van der Waals surface area contributed by atoms with Gasteiger partial charge in [0.1, 0.15) is 0 Å². The summed E-state index contributed by atoms with van der Waals surface area (Å²) in [6.45, 7) is 3.77. The Bertz CT molecular complexity index is 783. The molecule has 1 fully saturated rings. The van der Waals surface area contributed by atoms with Crippen molar-refractivity contribution in [2.75, 3.05) is 24.2 Å². The van der Waals surface area contributed by atoms with Crippen LogP contribution in [0.3, 0.4) is 0 Å². The maximum absolute atomic E-state index is 12.6. The van der Waals surface area contributed by atoms with Crippen LogP contribution in [0.2, 0.25) is 0 Å². The Kier molecular flexibility index (Phi) is 6.93. The number of thioether (sulfide) groups is 1. The molecule has 27 heavy (non-hydrogen) atoms. The molecule has 2 amide bonds. The molecular formula is C22H26N2O2S. The standard InChI is InChI=1S/C22H26N2O2S/c1-2-27-16-17-9-11-18(12-10-17)21(25)23-20-8-6-7-19(15-20)22(26)24-13-4-3-5-14-24/h6-12,15H,2-5,13-14,16H2,1H3,(H,23,25). The predicted octanol–water partition coefficient (Wildman–Crippen LogP) is 4.82. The van der Waals surface area contributed by atoms with Gasteiger partial charge in [0.2, 0.25) is 0 Å². The molecule has 2 aromatic rings. The number of nitrogens with zero attached hydrogens (tertiary/aromatic N) is 1. The molecule has 0 unspecified atom stereocenters. The second kappa shape index (κ2) is 9.60. The van der Waals surface area contributed by atoms with Crippen molar-refractivity contribution in [2.45, 2.75) is 31.9 Å². The van der Waals surface area contributed by atoms with Gasteiger partial charge in [-0.1, -0.05) is 25.1 Å². The minimum absolute atomic E-state index is 0.0450. The van der Waals surface area contributed by atoms with Gasteiger partial charge in [0.05, 0.1) is 0 Å². The zero-order valence-electron chi connectivity index (χ0n) is 15.7. The Morgan fingerprint density at radius 1 is 1.00 bits per heavy atom. The van der Waals surface area contributed by atoms with Crippen molar-refractivity contribution in [3.63, 3.8) is 0 Å². The fourth-order valence-corrected chi connectivity index (χ4v) is 3.82. The molecule has 5 heteroatoms. The summed E-state index contributed by atoms with van der Waals surface area (Å²) in [5.41, 5.74) is 3.11. The largest absolute Gasteiger partial charge is 0.339 e. The van der Waals surface area contributed by atoms with Gasteiger partial charge in [-0.25, -0.2) is 0 Å². The molecule has 4 nitrogen and oxygen atoms in total. The molecule has 0 aliphatic carbocycles. The number of amides is 2. The highest BCUT2D eigenvalue weighted by molar-refractivity contribution is 7.98. The molecule has 2 aromatic carbocycles. The third-order valence-corrected chi connectivity index (χ3v) is 5.65. The topological polar surface area (TPSA) is 49.4 Å². The first kappa shape index (κ1) is 19.5. The lowest BCUT2D eigenvalue weighted by Gasteiger charge is -2.26. The third kappa shape index (κ3) is 5.36. The second-order valence-corrected chi connectivity index (χ2v) is 8.00. The summed E-state index contributed by atoms with van der Waals surface area (Å²) < 4.78 is 0. The number of anilines is 1. The van der Waals surface area contributed by atoms with Crippen LogP contribution >= 0.6 is 11.8 Å². The number of piperidine rings is 1. The Balaban J connectivity index is 1.64. The molecule has 0 radical (unpaired) electrons. The van der Waals surface area contributed by atoms with E-state index in [0.717, 1.165) is 37.4 Å². The van der Waals surface area contributed by atoms with E-state index in [0.29, 0.717) is 16.8 Å². The number of nitrogens with one attached hydrogen (secondary N) is 1. The molecule has 0 atom stereocenters. The quantitative estimate of drug-likeness (QED) is 0.779. The van der Waals surface area contributed by atoms with Crippen molar-refractivity contribution in [1.29, 1.82) is 0 Å². The molecule has 0 saturated carbocycles. The maximum Gasteiger partial charge on any atom is 0.255 e. The number of carbonyl (C=O) groups is 2. The molecule has 1 aliphatic rings. The number of benzene rings is 2. The van der Waals surface area contributed by atoms with Crippen LogP contribution in [0, 0.1) is 0 Å². The van der Waals surface area contributed by atoms with Gasteiger partial charge < -0.3 is 10.2 Å². The maximum atomic E-state index is 12.6. The number of rotatable bonds is 6. The zero-order valence-corrected chi connectivity index (χ0v) is 16.6. The number of hydrogen-bond donors (Lipinski definition) is 1. The first-order chi connectivity index (χ1) is 13.2. The van der Waals surface area contributed by atoms with Gasteiger partial charge in [-0.2, -0.15) is 11.8 Å². The Hall–Kier alpha value is -2.27. The zero-order chi connectivity index (χ0) is 19.1. The van der Waals surface area contributed by atoms with Crippen molar-refractivity contribution in [3.05, 3.63) is 65.2 Å². The summed E-state index contributed by atoms with van der Waals surface area (Å²) in [5.74, 6) is 1.92. The highest BCUT2D eigenvalue weighted by Crippen LogP contribution is 2.18. The van der Waals surface area contributed by atoms with Crippen molar-refractivity contribution >= 4 is 29.3 Å². The van der Waals surface area contributed by atoms with Crippen LogP contribution in [0.4, 0.5) is 5.69 Å². The minimum atomic E-state index is -0.160.